The Morgan fingerprint density at radius 3 is 2.71 bits per heavy atom. The van der Waals surface area contributed by atoms with Crippen molar-refractivity contribution in [2.45, 2.75) is 46.2 Å². The van der Waals surface area contributed by atoms with Gasteiger partial charge in [0.05, 0.1) is 12.2 Å². The molecule has 0 amide bonds. The van der Waals surface area contributed by atoms with Crippen molar-refractivity contribution < 1.29 is 4.52 Å². The third kappa shape index (κ3) is 3.27. The van der Waals surface area contributed by atoms with Gasteiger partial charge in [-0.25, -0.2) is 4.98 Å². The number of hydrogen-bond donors (Lipinski definition) is 0. The molecule has 4 heterocycles. The zero-order chi connectivity index (χ0) is 16.6. The van der Waals surface area contributed by atoms with Gasteiger partial charge in [0.1, 0.15) is 10.8 Å². The van der Waals surface area contributed by atoms with Gasteiger partial charge in [-0.15, -0.1) is 11.3 Å². The van der Waals surface area contributed by atoms with E-state index in [0.717, 1.165) is 24.5 Å². The average Bonchev–Trinajstić information content (AvgIpc) is 3.27. The van der Waals surface area contributed by atoms with Gasteiger partial charge in [-0.2, -0.15) is 0 Å². The Bertz CT molecular complexity index is 664. The summed E-state index contributed by atoms with van der Waals surface area (Å²) in [6.07, 6.45) is 5.90. The molecule has 6 heteroatoms. The summed E-state index contributed by atoms with van der Waals surface area (Å²) >= 11 is 1.77. The van der Waals surface area contributed by atoms with Gasteiger partial charge >= 0.3 is 0 Å². The van der Waals surface area contributed by atoms with Gasteiger partial charge in [-0.05, 0) is 51.6 Å². The molecule has 4 rings (SSSR count). The first-order valence-corrected chi connectivity index (χ1v) is 9.76. The molecule has 0 saturated carbocycles. The summed E-state index contributed by atoms with van der Waals surface area (Å²) in [6, 6.07) is 0. The molecule has 2 aliphatic heterocycles. The Balaban J connectivity index is 1.39. The standard InChI is InChI=1S/C18H26N4OS/c1-14-16(15(2)23-20-14)10-22-8-5-18(13-22)4-3-7-21(12-18)11-17-19-6-9-24-17/h6,9H,3-5,7-8,10-13H2,1-2H3/t18-/m1/s1. The van der Waals surface area contributed by atoms with Crippen LogP contribution in [0.4, 0.5) is 0 Å². The third-order valence-corrected chi connectivity index (χ3v) is 6.43. The third-order valence-electron chi connectivity index (χ3n) is 5.66. The number of thiazole rings is 1. The Morgan fingerprint density at radius 1 is 1.17 bits per heavy atom. The second-order valence-corrected chi connectivity index (χ2v) is 8.48. The first kappa shape index (κ1) is 16.2. The van der Waals surface area contributed by atoms with Crippen LogP contribution in [-0.2, 0) is 13.1 Å². The van der Waals surface area contributed by atoms with E-state index in [-0.39, 0.29) is 0 Å². The molecule has 0 N–H and O–H groups in total. The van der Waals surface area contributed by atoms with E-state index in [0.29, 0.717) is 5.41 Å². The van der Waals surface area contributed by atoms with Crippen LogP contribution in [0.1, 0.15) is 41.3 Å². The highest BCUT2D eigenvalue weighted by Gasteiger charge is 2.41. The van der Waals surface area contributed by atoms with E-state index in [2.05, 4.69) is 25.3 Å². The first-order chi connectivity index (χ1) is 11.6. The molecule has 2 aliphatic rings. The summed E-state index contributed by atoms with van der Waals surface area (Å²) in [5.41, 5.74) is 2.79. The number of likely N-dealkylation sites (tertiary alicyclic amines) is 2. The molecular weight excluding hydrogens is 320 g/mol. The molecule has 0 bridgehead atoms. The van der Waals surface area contributed by atoms with Crippen LogP contribution in [0.15, 0.2) is 16.1 Å². The molecule has 1 spiro atoms. The molecule has 0 radical (unpaired) electrons. The molecule has 2 aromatic rings. The van der Waals surface area contributed by atoms with Crippen molar-refractivity contribution in [2.24, 2.45) is 5.41 Å². The number of rotatable bonds is 4. The van der Waals surface area contributed by atoms with E-state index in [1.54, 1.807) is 11.3 Å². The maximum atomic E-state index is 5.33. The zero-order valence-electron chi connectivity index (χ0n) is 14.6. The number of aryl methyl sites for hydroxylation is 2. The molecular formula is C18H26N4OS. The Hall–Kier alpha value is -1.24. The maximum Gasteiger partial charge on any atom is 0.138 e. The normalized spacial score (nSPS) is 25.8. The van der Waals surface area contributed by atoms with Crippen molar-refractivity contribution in [1.29, 1.82) is 0 Å². The van der Waals surface area contributed by atoms with Crippen LogP contribution in [-0.4, -0.2) is 46.1 Å². The van der Waals surface area contributed by atoms with Gasteiger partial charge in [0, 0.05) is 36.8 Å². The maximum absolute atomic E-state index is 5.33. The van der Waals surface area contributed by atoms with E-state index in [1.165, 1.54) is 56.0 Å². The van der Waals surface area contributed by atoms with Crippen molar-refractivity contribution in [3.63, 3.8) is 0 Å². The van der Waals surface area contributed by atoms with Gasteiger partial charge < -0.3 is 4.52 Å². The molecule has 0 aliphatic carbocycles. The quantitative estimate of drug-likeness (QED) is 0.850. The fourth-order valence-corrected chi connectivity index (χ4v) is 5.07. The summed E-state index contributed by atoms with van der Waals surface area (Å²) in [5, 5.41) is 7.43. The molecule has 2 aromatic heterocycles. The van der Waals surface area contributed by atoms with E-state index in [4.69, 9.17) is 4.52 Å². The number of aromatic nitrogens is 2. The van der Waals surface area contributed by atoms with Crippen LogP contribution in [0, 0.1) is 19.3 Å². The van der Waals surface area contributed by atoms with E-state index < -0.39 is 0 Å². The van der Waals surface area contributed by atoms with E-state index in [1.807, 2.05) is 20.0 Å². The van der Waals surface area contributed by atoms with Crippen LogP contribution in [0.2, 0.25) is 0 Å². The molecule has 1 atom stereocenters. The smallest absolute Gasteiger partial charge is 0.138 e. The fourth-order valence-electron chi connectivity index (χ4n) is 4.41. The predicted molar refractivity (Wildman–Crippen MR) is 94.9 cm³/mol. The minimum Gasteiger partial charge on any atom is -0.361 e. The lowest BCUT2D eigenvalue weighted by molar-refractivity contribution is 0.0865. The van der Waals surface area contributed by atoms with Crippen LogP contribution < -0.4 is 0 Å². The van der Waals surface area contributed by atoms with Gasteiger partial charge in [-0.3, -0.25) is 9.80 Å². The minimum atomic E-state index is 0.467. The van der Waals surface area contributed by atoms with Crippen molar-refractivity contribution in [2.75, 3.05) is 26.2 Å². The van der Waals surface area contributed by atoms with Crippen molar-refractivity contribution >= 4 is 11.3 Å². The molecule has 0 aromatic carbocycles. The highest BCUT2D eigenvalue weighted by molar-refractivity contribution is 7.09. The van der Waals surface area contributed by atoms with Crippen molar-refractivity contribution in [3.05, 3.63) is 33.6 Å². The second-order valence-electron chi connectivity index (χ2n) is 7.50. The molecule has 2 fully saturated rings. The summed E-state index contributed by atoms with van der Waals surface area (Å²) in [6.45, 7) is 10.9. The van der Waals surface area contributed by atoms with Gasteiger partial charge in [-0.1, -0.05) is 5.16 Å². The lowest BCUT2D eigenvalue weighted by atomic mass is 9.79. The zero-order valence-corrected chi connectivity index (χ0v) is 15.4. The summed E-state index contributed by atoms with van der Waals surface area (Å²) in [4.78, 5) is 9.67. The van der Waals surface area contributed by atoms with Crippen LogP contribution in [0.5, 0.6) is 0 Å². The lowest BCUT2D eigenvalue weighted by Crippen LogP contribution is -2.44. The highest BCUT2D eigenvalue weighted by Crippen LogP contribution is 2.40. The number of piperidine rings is 1. The SMILES string of the molecule is Cc1noc(C)c1CN1CC[C@@]2(CCCN(Cc3nccs3)C2)C1. The fraction of sp³-hybridized carbons (Fsp3) is 0.667. The van der Waals surface area contributed by atoms with Crippen LogP contribution >= 0.6 is 11.3 Å². The number of hydrogen-bond acceptors (Lipinski definition) is 6. The average molecular weight is 346 g/mol. The molecule has 5 nitrogen and oxygen atoms in total. The molecule has 0 unspecified atom stereocenters. The summed E-state index contributed by atoms with van der Waals surface area (Å²) in [7, 11) is 0. The van der Waals surface area contributed by atoms with Crippen molar-refractivity contribution in [1.82, 2.24) is 19.9 Å². The summed E-state index contributed by atoms with van der Waals surface area (Å²) < 4.78 is 5.33. The van der Waals surface area contributed by atoms with Gasteiger partial charge in [0.15, 0.2) is 0 Å². The van der Waals surface area contributed by atoms with Crippen LogP contribution in [0.3, 0.4) is 0 Å². The largest absolute Gasteiger partial charge is 0.361 e. The topological polar surface area (TPSA) is 45.4 Å². The lowest BCUT2D eigenvalue weighted by Gasteiger charge is -2.40. The molecule has 2 saturated heterocycles. The van der Waals surface area contributed by atoms with E-state index in [9.17, 15) is 0 Å². The van der Waals surface area contributed by atoms with Gasteiger partial charge in [0.2, 0.25) is 0 Å². The van der Waals surface area contributed by atoms with Crippen LogP contribution in [0.25, 0.3) is 0 Å². The minimum absolute atomic E-state index is 0.467. The predicted octanol–water partition coefficient (Wildman–Crippen LogP) is 3.24. The Labute approximate surface area is 147 Å². The second kappa shape index (κ2) is 6.58. The summed E-state index contributed by atoms with van der Waals surface area (Å²) in [5.74, 6) is 0.975. The Morgan fingerprint density at radius 2 is 2.00 bits per heavy atom. The van der Waals surface area contributed by atoms with Gasteiger partial charge in [0.25, 0.3) is 0 Å². The molecule has 24 heavy (non-hydrogen) atoms. The van der Waals surface area contributed by atoms with E-state index >= 15 is 0 Å². The van der Waals surface area contributed by atoms with Crippen molar-refractivity contribution in [3.8, 4) is 0 Å². The highest BCUT2D eigenvalue weighted by atomic mass is 32.1. The Kier molecular flexibility index (Phi) is 4.45. The monoisotopic (exact) mass is 346 g/mol. The molecule has 130 valence electrons. The number of nitrogens with zero attached hydrogens (tertiary/aromatic N) is 4. The first-order valence-electron chi connectivity index (χ1n) is 8.88.